The third-order valence-electron chi connectivity index (χ3n) is 3.18. The molecule has 8 nitrogen and oxygen atoms in total. The zero-order chi connectivity index (χ0) is 24.2. The Bertz CT molecular complexity index is 752. The molecule has 0 aliphatic carbocycles. The van der Waals surface area contributed by atoms with Crippen molar-refractivity contribution in [1.82, 2.24) is 5.32 Å². The molecule has 0 saturated carbocycles. The molecule has 16 heteroatoms. The van der Waals surface area contributed by atoms with Crippen LogP contribution in [0.5, 0.6) is 0 Å². The number of ether oxygens (including phenoxy) is 2. The Morgan fingerprint density at radius 2 is 1.63 bits per heavy atom. The number of nitrogens with one attached hydrogen (secondary N) is 1. The second kappa shape index (κ2) is 9.47. The predicted molar refractivity (Wildman–Crippen MR) is 83.1 cm³/mol. The molecule has 1 unspecified atom stereocenters. The van der Waals surface area contributed by atoms with Crippen LogP contribution in [0.1, 0.15) is 26.7 Å². The highest BCUT2D eigenvalue weighted by Crippen LogP contribution is 2.42. The minimum atomic E-state index is -6.79. The fourth-order valence-corrected chi connectivity index (χ4v) is 2.26. The summed E-state index contributed by atoms with van der Waals surface area (Å²) in [6.07, 6.45) is -9.02. The van der Waals surface area contributed by atoms with Gasteiger partial charge in [0, 0.05) is 18.5 Å². The van der Waals surface area contributed by atoms with Gasteiger partial charge in [-0.05, 0) is 20.3 Å². The molecular formula is C14H17F7NO7S-. The molecule has 1 atom stereocenters. The van der Waals surface area contributed by atoms with Crippen molar-refractivity contribution in [2.75, 3.05) is 6.61 Å². The van der Waals surface area contributed by atoms with Crippen LogP contribution in [0.2, 0.25) is 0 Å². The summed E-state index contributed by atoms with van der Waals surface area (Å²) in [4.78, 5) is 23.3. The Kier molecular flexibility index (Phi) is 8.85. The summed E-state index contributed by atoms with van der Waals surface area (Å²) in [6.45, 7) is 3.75. The third-order valence-corrected chi connectivity index (χ3v) is 4.11. The van der Waals surface area contributed by atoms with Crippen LogP contribution in [0.4, 0.5) is 30.7 Å². The lowest BCUT2D eigenvalue weighted by atomic mass is 10.2. The van der Waals surface area contributed by atoms with Crippen molar-refractivity contribution in [2.45, 2.75) is 55.9 Å². The van der Waals surface area contributed by atoms with E-state index in [0.29, 0.717) is 0 Å². The molecule has 1 N–H and O–H groups in total. The lowest BCUT2D eigenvalue weighted by Crippen LogP contribution is -2.62. The Morgan fingerprint density at radius 1 is 1.13 bits per heavy atom. The molecule has 0 heterocycles. The zero-order valence-corrected chi connectivity index (χ0v) is 16.2. The molecule has 0 aliphatic heterocycles. The van der Waals surface area contributed by atoms with E-state index in [1.165, 1.54) is 13.8 Å². The first-order chi connectivity index (χ1) is 13.2. The summed E-state index contributed by atoms with van der Waals surface area (Å²) in [6, 6.07) is -0.935. The van der Waals surface area contributed by atoms with E-state index in [2.05, 4.69) is 16.1 Å². The summed E-state index contributed by atoms with van der Waals surface area (Å²) in [5, 5.41) is -4.31. The number of carbonyl (C=O) groups excluding carboxylic acids is 2. The van der Waals surface area contributed by atoms with E-state index >= 15 is 0 Å². The zero-order valence-electron chi connectivity index (χ0n) is 15.4. The van der Waals surface area contributed by atoms with Gasteiger partial charge in [-0.25, -0.2) is 13.2 Å². The second-order valence-electron chi connectivity index (χ2n) is 6.00. The van der Waals surface area contributed by atoms with Crippen LogP contribution < -0.4 is 5.32 Å². The van der Waals surface area contributed by atoms with Gasteiger partial charge in [-0.2, -0.15) is 30.7 Å². The standard InChI is InChI=1S/C14H18F7NO7S/c1-4-9(23)29-12(13(17,18)19,10(24)22-8(2)3)28-7-5-6-11(15,16)14(20,21)30(25,26)27/h4,8H,1,5-7H2,2-3H3,(H,22,24)(H,25,26,27)/p-1. The smallest absolute Gasteiger partial charge is 0.466 e. The lowest BCUT2D eigenvalue weighted by Gasteiger charge is -2.33. The molecule has 176 valence electrons. The van der Waals surface area contributed by atoms with Gasteiger partial charge < -0.3 is 19.3 Å². The highest BCUT2D eigenvalue weighted by atomic mass is 32.2. The van der Waals surface area contributed by atoms with E-state index in [9.17, 15) is 53.3 Å². The average Bonchev–Trinajstić information content (AvgIpc) is 2.54. The summed E-state index contributed by atoms with van der Waals surface area (Å²) in [5.41, 5.74) is 0. The van der Waals surface area contributed by atoms with Crippen LogP contribution in [-0.4, -0.2) is 60.6 Å². The molecule has 0 saturated heterocycles. The number of alkyl halides is 7. The molecule has 0 radical (unpaired) electrons. The largest absolute Gasteiger partial charge is 0.743 e. The van der Waals surface area contributed by atoms with E-state index in [-0.39, 0.29) is 6.08 Å². The number of esters is 1. The van der Waals surface area contributed by atoms with Crippen molar-refractivity contribution in [3.8, 4) is 0 Å². The van der Waals surface area contributed by atoms with E-state index in [4.69, 9.17) is 0 Å². The predicted octanol–water partition coefficient (Wildman–Crippen LogP) is 2.07. The van der Waals surface area contributed by atoms with Crippen molar-refractivity contribution < 1.29 is 62.8 Å². The number of rotatable bonds is 11. The lowest BCUT2D eigenvalue weighted by molar-refractivity contribution is -0.347. The maximum Gasteiger partial charge on any atom is 0.466 e. The van der Waals surface area contributed by atoms with Gasteiger partial charge in [0.1, 0.15) is 0 Å². The van der Waals surface area contributed by atoms with Crippen LogP contribution in [-0.2, 0) is 29.2 Å². The van der Waals surface area contributed by atoms with Crippen LogP contribution in [0, 0.1) is 0 Å². The van der Waals surface area contributed by atoms with Gasteiger partial charge in [0.05, 0.1) is 6.61 Å². The van der Waals surface area contributed by atoms with E-state index in [1.807, 2.05) is 0 Å². The minimum absolute atomic E-state index is 0.236. The maximum absolute atomic E-state index is 13.5. The maximum atomic E-state index is 13.5. The van der Waals surface area contributed by atoms with E-state index in [1.54, 1.807) is 5.32 Å². The molecular weight excluding hydrogens is 459 g/mol. The molecule has 0 aromatic rings. The molecule has 0 aromatic carbocycles. The molecule has 0 bridgehead atoms. The van der Waals surface area contributed by atoms with Crippen LogP contribution in [0.25, 0.3) is 0 Å². The van der Waals surface area contributed by atoms with Gasteiger partial charge in [-0.15, -0.1) is 0 Å². The fraction of sp³-hybridized carbons (Fsp3) is 0.714. The van der Waals surface area contributed by atoms with Gasteiger partial charge in [-0.1, -0.05) is 6.58 Å². The second-order valence-corrected chi connectivity index (χ2v) is 7.42. The topological polar surface area (TPSA) is 122 Å². The molecule has 30 heavy (non-hydrogen) atoms. The van der Waals surface area contributed by atoms with Gasteiger partial charge in [0.15, 0.2) is 10.1 Å². The summed E-state index contributed by atoms with van der Waals surface area (Å²) in [5.74, 6) is -13.7. The highest BCUT2D eigenvalue weighted by Gasteiger charge is 2.66. The van der Waals surface area contributed by atoms with Crippen LogP contribution in [0.3, 0.4) is 0 Å². The summed E-state index contributed by atoms with van der Waals surface area (Å²) < 4.78 is 132. The normalized spacial score (nSPS) is 15.4. The van der Waals surface area contributed by atoms with Crippen molar-refractivity contribution in [3.63, 3.8) is 0 Å². The first kappa shape index (κ1) is 28.1. The first-order valence-corrected chi connectivity index (χ1v) is 9.24. The molecule has 1 amide bonds. The monoisotopic (exact) mass is 476 g/mol. The van der Waals surface area contributed by atoms with E-state index < -0.39 is 70.6 Å². The highest BCUT2D eigenvalue weighted by molar-refractivity contribution is 7.86. The SMILES string of the molecule is C=CC(=O)OC(OCCCC(F)(F)C(F)(F)S(=O)(=O)[O-])(C(=O)NC(C)C)C(F)(F)F. The number of amides is 1. The van der Waals surface area contributed by atoms with Gasteiger partial charge >= 0.3 is 35.0 Å². The van der Waals surface area contributed by atoms with Gasteiger partial charge in [0.2, 0.25) is 0 Å². The Morgan fingerprint density at radius 3 is 2.00 bits per heavy atom. The van der Waals surface area contributed by atoms with Crippen molar-refractivity contribution in [1.29, 1.82) is 0 Å². The number of hydrogen-bond donors (Lipinski definition) is 1. The molecule has 0 aliphatic rings. The number of halogens is 7. The number of carbonyl (C=O) groups is 2. The van der Waals surface area contributed by atoms with Crippen molar-refractivity contribution in [2.24, 2.45) is 0 Å². The Hall–Kier alpha value is -1.94. The van der Waals surface area contributed by atoms with Crippen molar-refractivity contribution >= 4 is 22.0 Å². The summed E-state index contributed by atoms with van der Waals surface area (Å²) >= 11 is 0. The third kappa shape index (κ3) is 6.28. The Labute approximate surface area is 166 Å². The van der Waals surface area contributed by atoms with Crippen molar-refractivity contribution in [3.05, 3.63) is 12.7 Å². The minimum Gasteiger partial charge on any atom is -0.743 e. The summed E-state index contributed by atoms with van der Waals surface area (Å²) in [7, 11) is -6.79. The van der Waals surface area contributed by atoms with Crippen LogP contribution in [0.15, 0.2) is 12.7 Å². The van der Waals surface area contributed by atoms with Gasteiger partial charge in [-0.3, -0.25) is 4.79 Å². The van der Waals surface area contributed by atoms with Crippen LogP contribution >= 0.6 is 0 Å². The number of hydrogen-bond acceptors (Lipinski definition) is 7. The molecule has 0 fully saturated rings. The quantitative estimate of drug-likeness (QED) is 0.121. The molecule has 0 spiro atoms. The molecule has 0 aromatic heterocycles. The first-order valence-electron chi connectivity index (χ1n) is 7.83. The van der Waals surface area contributed by atoms with E-state index in [0.717, 1.165) is 0 Å². The fourth-order valence-electron chi connectivity index (χ4n) is 1.79. The molecule has 0 rings (SSSR count). The van der Waals surface area contributed by atoms with Gasteiger partial charge in [0.25, 0.3) is 0 Å². The average molecular weight is 476 g/mol. The Balaban J connectivity index is 5.66.